The van der Waals surface area contributed by atoms with E-state index in [1.807, 2.05) is 0 Å². The zero-order valence-corrected chi connectivity index (χ0v) is 22.1. The number of carbonyl (C=O) groups excluding carboxylic acids is 2. The number of benzene rings is 2. The molecule has 14 heteroatoms. The Hall–Kier alpha value is -4.30. The Bertz CT molecular complexity index is 1090. The van der Waals surface area contributed by atoms with Gasteiger partial charge >= 0.3 is 11.9 Å². The molecular weight excluding hydrogens is 508 g/mol. The minimum atomic E-state index is -0.823. The van der Waals surface area contributed by atoms with Crippen LogP contribution >= 0.6 is 0 Å². The molecule has 2 rings (SSSR count). The van der Waals surface area contributed by atoms with Crippen LogP contribution in [0.25, 0.3) is 0 Å². The highest BCUT2D eigenvalue weighted by atomic mass is 16.6. The molecule has 0 unspecified atom stereocenters. The van der Waals surface area contributed by atoms with Crippen molar-refractivity contribution in [1.29, 1.82) is 0 Å². The van der Waals surface area contributed by atoms with E-state index in [0.717, 1.165) is 13.2 Å². The lowest BCUT2D eigenvalue weighted by atomic mass is 10.1. The topological polar surface area (TPSA) is 177 Å². The molecule has 0 aliphatic rings. The molecule has 210 valence electrons. The van der Waals surface area contributed by atoms with Crippen LogP contribution in [0, 0.1) is 10.1 Å². The number of methoxy groups -OCH3 is 6. The molecule has 0 bridgehead atoms. The van der Waals surface area contributed by atoms with E-state index in [-0.39, 0.29) is 34.9 Å². The minimum absolute atomic E-state index is 0.153. The number of nitrogens with zero attached hydrogens (tertiary/aromatic N) is 1. The molecule has 2 aromatic rings. The average molecular weight is 541 g/mol. The molecule has 0 spiro atoms. The third-order valence-corrected chi connectivity index (χ3v) is 4.72. The van der Waals surface area contributed by atoms with Gasteiger partial charge in [0.1, 0.15) is 18.8 Å². The molecule has 2 aromatic carbocycles. The third kappa shape index (κ3) is 8.97. The number of nitro benzene ring substituents is 1. The highest BCUT2D eigenvalue weighted by molar-refractivity contribution is 5.96. The fourth-order valence-corrected chi connectivity index (χ4v) is 2.85. The van der Waals surface area contributed by atoms with Crippen LogP contribution in [0.4, 0.5) is 11.4 Å². The minimum Gasteiger partial charge on any atom is -0.493 e. The van der Waals surface area contributed by atoms with Gasteiger partial charge in [0.05, 0.1) is 63.9 Å². The van der Waals surface area contributed by atoms with Gasteiger partial charge in [-0.05, 0) is 0 Å². The summed E-state index contributed by atoms with van der Waals surface area (Å²) >= 11 is 0. The Morgan fingerprint density at radius 3 is 1.58 bits per heavy atom. The van der Waals surface area contributed by atoms with Crippen molar-refractivity contribution in [3.63, 3.8) is 0 Å². The van der Waals surface area contributed by atoms with Crippen LogP contribution in [0.3, 0.4) is 0 Å². The Morgan fingerprint density at radius 1 is 0.711 bits per heavy atom. The molecular formula is C24H32N2O12. The summed E-state index contributed by atoms with van der Waals surface area (Å²) in [5.74, 6) is -0.112. The zero-order valence-electron chi connectivity index (χ0n) is 22.1. The van der Waals surface area contributed by atoms with Crippen molar-refractivity contribution in [2.75, 3.05) is 74.8 Å². The number of rotatable bonds is 13. The maximum atomic E-state index is 11.6. The maximum absolute atomic E-state index is 11.6. The summed E-state index contributed by atoms with van der Waals surface area (Å²) in [6, 6.07) is 5.36. The maximum Gasteiger partial charge on any atom is 0.345 e. The highest BCUT2D eigenvalue weighted by Gasteiger charge is 2.25. The average Bonchev–Trinajstić information content (AvgIpc) is 2.92. The van der Waals surface area contributed by atoms with Gasteiger partial charge in [0, 0.05) is 32.4 Å². The number of nitro groups is 1. The van der Waals surface area contributed by atoms with Crippen molar-refractivity contribution in [3.05, 3.63) is 45.5 Å². The molecule has 2 N–H and O–H groups in total. The second-order valence-electron chi connectivity index (χ2n) is 7.03. The van der Waals surface area contributed by atoms with Gasteiger partial charge in [0.2, 0.25) is 0 Å². The van der Waals surface area contributed by atoms with Gasteiger partial charge < -0.3 is 43.6 Å². The monoisotopic (exact) mass is 540 g/mol. The lowest BCUT2D eigenvalue weighted by Crippen LogP contribution is -2.09. The van der Waals surface area contributed by atoms with Crippen LogP contribution in [-0.2, 0) is 18.9 Å². The molecule has 0 amide bonds. The van der Waals surface area contributed by atoms with Crippen LogP contribution in [0.15, 0.2) is 24.3 Å². The van der Waals surface area contributed by atoms with E-state index in [4.69, 9.17) is 34.2 Å². The van der Waals surface area contributed by atoms with Gasteiger partial charge in [-0.25, -0.2) is 9.59 Å². The molecule has 0 fully saturated rings. The first kappa shape index (κ1) is 31.7. The third-order valence-electron chi connectivity index (χ3n) is 4.72. The molecule has 0 atom stereocenters. The van der Waals surface area contributed by atoms with Crippen LogP contribution in [0.5, 0.6) is 23.0 Å². The van der Waals surface area contributed by atoms with Gasteiger partial charge in [-0.15, -0.1) is 0 Å². The Morgan fingerprint density at radius 2 is 1.16 bits per heavy atom. The number of nitrogen functional groups attached to an aromatic ring is 1. The van der Waals surface area contributed by atoms with Crippen molar-refractivity contribution in [2.24, 2.45) is 0 Å². The molecule has 0 saturated heterocycles. The lowest BCUT2D eigenvalue weighted by molar-refractivity contribution is -0.385. The van der Waals surface area contributed by atoms with Crippen molar-refractivity contribution in [1.82, 2.24) is 0 Å². The normalized spacial score (nSPS) is 9.95. The van der Waals surface area contributed by atoms with Crippen molar-refractivity contribution in [3.8, 4) is 23.0 Å². The van der Waals surface area contributed by atoms with E-state index in [1.54, 1.807) is 7.11 Å². The van der Waals surface area contributed by atoms with Crippen LogP contribution < -0.4 is 24.7 Å². The van der Waals surface area contributed by atoms with Gasteiger partial charge in [0.15, 0.2) is 23.0 Å². The molecule has 0 saturated carbocycles. The fourth-order valence-electron chi connectivity index (χ4n) is 2.85. The number of nitrogens with two attached hydrogens (primary N) is 1. The lowest BCUT2D eigenvalue weighted by Gasteiger charge is -2.13. The Balaban J connectivity index is 0.000000382. The van der Waals surface area contributed by atoms with E-state index in [2.05, 4.69) is 9.47 Å². The van der Waals surface area contributed by atoms with Gasteiger partial charge in [-0.3, -0.25) is 10.1 Å². The van der Waals surface area contributed by atoms with Crippen LogP contribution in [0.1, 0.15) is 20.7 Å². The Kier molecular flexibility index (Phi) is 13.7. The van der Waals surface area contributed by atoms with E-state index in [1.165, 1.54) is 46.6 Å². The summed E-state index contributed by atoms with van der Waals surface area (Å²) in [5.41, 5.74) is 5.64. The summed E-state index contributed by atoms with van der Waals surface area (Å²) in [6.07, 6.45) is 0. The second kappa shape index (κ2) is 16.4. The number of hydrogen-bond donors (Lipinski definition) is 1. The van der Waals surface area contributed by atoms with Crippen molar-refractivity contribution < 1.29 is 52.4 Å². The summed E-state index contributed by atoms with van der Waals surface area (Å²) in [6.45, 7) is 1.32. The summed E-state index contributed by atoms with van der Waals surface area (Å²) in [5, 5.41) is 11.0. The predicted molar refractivity (Wildman–Crippen MR) is 134 cm³/mol. The van der Waals surface area contributed by atoms with Crippen molar-refractivity contribution in [2.45, 2.75) is 0 Å². The van der Waals surface area contributed by atoms with Gasteiger partial charge in [0.25, 0.3) is 5.69 Å². The molecule has 0 heterocycles. The first-order chi connectivity index (χ1) is 18.2. The summed E-state index contributed by atoms with van der Waals surface area (Å²) in [4.78, 5) is 33.3. The molecule has 14 nitrogen and oxygen atoms in total. The predicted octanol–water partition coefficient (Wildman–Crippen LogP) is 2.50. The highest BCUT2D eigenvalue weighted by Crippen LogP contribution is 2.35. The smallest absolute Gasteiger partial charge is 0.345 e. The largest absolute Gasteiger partial charge is 0.493 e. The first-order valence-corrected chi connectivity index (χ1v) is 10.9. The second-order valence-corrected chi connectivity index (χ2v) is 7.03. The van der Waals surface area contributed by atoms with E-state index >= 15 is 0 Å². The number of esters is 2. The Labute approximate surface area is 219 Å². The molecule has 0 aliphatic heterocycles. The van der Waals surface area contributed by atoms with E-state index in [9.17, 15) is 19.7 Å². The van der Waals surface area contributed by atoms with Gasteiger partial charge in [-0.1, -0.05) is 0 Å². The van der Waals surface area contributed by atoms with Crippen molar-refractivity contribution >= 4 is 23.3 Å². The molecule has 0 aromatic heterocycles. The summed E-state index contributed by atoms with van der Waals surface area (Å²) < 4.78 is 39.8. The van der Waals surface area contributed by atoms with Gasteiger partial charge in [-0.2, -0.15) is 0 Å². The zero-order chi connectivity index (χ0) is 28.7. The van der Waals surface area contributed by atoms with Crippen LogP contribution in [0.2, 0.25) is 0 Å². The first-order valence-electron chi connectivity index (χ1n) is 10.9. The molecule has 38 heavy (non-hydrogen) atoms. The van der Waals surface area contributed by atoms with E-state index < -0.39 is 22.5 Å². The number of ether oxygens (including phenoxy) is 8. The molecule has 0 aliphatic carbocycles. The van der Waals surface area contributed by atoms with Crippen LogP contribution in [-0.4, -0.2) is 85.9 Å². The number of carbonyl (C=O) groups is 2. The standard InChI is InChI=1S/C12H15NO7.C12H17NO5/c1-17-4-5-20-11-6-8(12(14)19-3)9(13(15)16)7-10(11)18-2;1-15-4-5-18-11-6-8(12(14)17-3)9(13)7-10(11)16-2/h6-7H,4-5H2,1-3H3;6-7H,4-5,13H2,1-3H3. The number of hydrogen-bond acceptors (Lipinski definition) is 13. The SMILES string of the molecule is COCCOc1cc(C(=O)OC)c(N)cc1OC.COCCOc1cc(C(=O)OC)c([N+](=O)[O-])cc1OC. The quantitative estimate of drug-likeness (QED) is 0.129. The number of anilines is 1. The summed E-state index contributed by atoms with van der Waals surface area (Å²) in [7, 11) is 8.36. The van der Waals surface area contributed by atoms with E-state index in [0.29, 0.717) is 31.3 Å². The molecule has 0 radical (unpaired) electrons. The fraction of sp³-hybridized carbons (Fsp3) is 0.417.